The third kappa shape index (κ3) is 3.57. The van der Waals surface area contributed by atoms with Gasteiger partial charge in [-0.2, -0.15) is 25.3 Å². The Kier molecular flexibility index (Phi) is 5.16. The van der Waals surface area contributed by atoms with Crippen molar-refractivity contribution in [1.82, 2.24) is 0 Å². The van der Waals surface area contributed by atoms with E-state index in [1.807, 2.05) is 0 Å². The van der Waals surface area contributed by atoms with Gasteiger partial charge in [0, 0.05) is 5.75 Å². The molecule has 2 N–H and O–H groups in total. The summed E-state index contributed by atoms with van der Waals surface area (Å²) in [7, 11) is 0. The van der Waals surface area contributed by atoms with E-state index in [0.717, 1.165) is 0 Å². The molecule has 3 atom stereocenters. The summed E-state index contributed by atoms with van der Waals surface area (Å²) < 4.78 is -0.729. The Morgan fingerprint density at radius 3 is 2.00 bits per heavy atom. The molecule has 0 spiro atoms. The SMILES string of the molecule is O[C@H](CS)[C@H](O)C(S)Cl. The summed E-state index contributed by atoms with van der Waals surface area (Å²) in [5.74, 6) is 0.185. The van der Waals surface area contributed by atoms with Crippen LogP contribution in [0.15, 0.2) is 0 Å². The van der Waals surface area contributed by atoms with Gasteiger partial charge in [0.25, 0.3) is 0 Å². The zero-order valence-electron chi connectivity index (χ0n) is 4.61. The van der Waals surface area contributed by atoms with Crippen molar-refractivity contribution < 1.29 is 10.2 Å². The summed E-state index contributed by atoms with van der Waals surface area (Å²) in [6, 6.07) is 0. The zero-order chi connectivity index (χ0) is 7.44. The van der Waals surface area contributed by atoms with Crippen LogP contribution in [0.3, 0.4) is 0 Å². The molecule has 0 aliphatic rings. The number of thiol groups is 2. The lowest BCUT2D eigenvalue weighted by molar-refractivity contribution is 0.0448. The summed E-state index contributed by atoms with van der Waals surface area (Å²) in [4.78, 5) is 0. The van der Waals surface area contributed by atoms with Crippen molar-refractivity contribution in [2.24, 2.45) is 0 Å². The van der Waals surface area contributed by atoms with Crippen molar-refractivity contribution in [1.29, 1.82) is 0 Å². The molecule has 0 saturated heterocycles. The summed E-state index contributed by atoms with van der Waals surface area (Å²) in [6.07, 6.45) is -1.90. The summed E-state index contributed by atoms with van der Waals surface area (Å²) in [6.45, 7) is 0. The molecule has 0 radical (unpaired) electrons. The average Bonchev–Trinajstić information content (AvgIpc) is 1.84. The van der Waals surface area contributed by atoms with Gasteiger partial charge >= 0.3 is 0 Å². The molecule has 0 fully saturated rings. The van der Waals surface area contributed by atoms with Crippen molar-refractivity contribution in [2.75, 3.05) is 5.75 Å². The summed E-state index contributed by atoms with van der Waals surface area (Å²) >= 11 is 12.8. The van der Waals surface area contributed by atoms with E-state index in [0.29, 0.717) is 0 Å². The molecule has 0 aliphatic carbocycles. The van der Waals surface area contributed by atoms with Gasteiger partial charge in [-0.05, 0) is 0 Å². The van der Waals surface area contributed by atoms with Crippen LogP contribution in [0.25, 0.3) is 0 Å². The Morgan fingerprint density at radius 2 is 1.89 bits per heavy atom. The molecular weight excluding hydrogens is 180 g/mol. The fraction of sp³-hybridized carbons (Fsp3) is 1.00. The molecule has 0 rings (SSSR count). The molecule has 1 unspecified atom stereocenters. The normalized spacial score (nSPS) is 21.0. The lowest BCUT2D eigenvalue weighted by atomic mass is 10.2. The number of rotatable bonds is 3. The highest BCUT2D eigenvalue weighted by Gasteiger charge is 2.19. The molecular formula is C4H9ClO2S2. The molecule has 0 heterocycles. The maximum atomic E-state index is 8.89. The van der Waals surface area contributed by atoms with Crippen molar-refractivity contribution in [3.63, 3.8) is 0 Å². The standard InChI is InChI=1S/C4H9ClO2S2/c5-4(9)3(7)2(6)1-8/h2-4,6-9H,1H2/t2-,3+,4?/m1/s1. The largest absolute Gasteiger partial charge is 0.389 e. The smallest absolute Gasteiger partial charge is 0.106 e. The molecule has 5 heteroatoms. The fourth-order valence-electron chi connectivity index (χ4n) is 0.291. The van der Waals surface area contributed by atoms with E-state index < -0.39 is 16.9 Å². The van der Waals surface area contributed by atoms with E-state index in [1.165, 1.54) is 0 Å². The Labute approximate surface area is 70.0 Å². The van der Waals surface area contributed by atoms with E-state index in [2.05, 4.69) is 25.3 Å². The van der Waals surface area contributed by atoms with Crippen molar-refractivity contribution >= 4 is 36.9 Å². The van der Waals surface area contributed by atoms with E-state index >= 15 is 0 Å². The Bertz CT molecular complexity index is 81.0. The number of aliphatic hydroxyl groups is 2. The van der Waals surface area contributed by atoms with Crippen LogP contribution in [0, 0.1) is 0 Å². The molecule has 9 heavy (non-hydrogen) atoms. The number of alkyl halides is 1. The minimum absolute atomic E-state index is 0.185. The number of hydrogen-bond donors (Lipinski definition) is 4. The van der Waals surface area contributed by atoms with Gasteiger partial charge in [-0.3, -0.25) is 0 Å². The number of halogens is 1. The predicted molar refractivity (Wildman–Crippen MR) is 44.5 cm³/mol. The maximum Gasteiger partial charge on any atom is 0.106 e. The first kappa shape index (κ1) is 9.91. The lowest BCUT2D eigenvalue weighted by Crippen LogP contribution is -2.32. The van der Waals surface area contributed by atoms with Gasteiger partial charge in [0.1, 0.15) is 10.8 Å². The van der Waals surface area contributed by atoms with E-state index in [-0.39, 0.29) is 5.75 Å². The van der Waals surface area contributed by atoms with E-state index in [1.54, 1.807) is 0 Å². The van der Waals surface area contributed by atoms with Gasteiger partial charge in [0.05, 0.1) is 6.10 Å². The predicted octanol–water partition coefficient (Wildman–Crippen LogP) is 0.133. The minimum atomic E-state index is -1.01. The maximum absolute atomic E-state index is 8.89. The molecule has 0 bridgehead atoms. The number of aliphatic hydroxyl groups excluding tert-OH is 2. The third-order valence-electron chi connectivity index (χ3n) is 0.863. The second-order valence-corrected chi connectivity index (χ2v) is 3.31. The zero-order valence-corrected chi connectivity index (χ0v) is 7.15. The Morgan fingerprint density at radius 1 is 1.44 bits per heavy atom. The molecule has 56 valence electrons. The van der Waals surface area contributed by atoms with Crippen LogP contribution < -0.4 is 0 Å². The van der Waals surface area contributed by atoms with Crippen LogP contribution in [0.5, 0.6) is 0 Å². The van der Waals surface area contributed by atoms with Crippen LogP contribution in [-0.4, -0.2) is 32.9 Å². The van der Waals surface area contributed by atoms with Crippen LogP contribution in [0.1, 0.15) is 0 Å². The molecule has 0 aromatic carbocycles. The third-order valence-corrected chi connectivity index (χ3v) is 1.80. The molecule has 0 amide bonds. The first-order chi connectivity index (χ1) is 4.09. The van der Waals surface area contributed by atoms with Crippen LogP contribution in [0.4, 0.5) is 0 Å². The molecule has 0 aliphatic heterocycles. The van der Waals surface area contributed by atoms with Gasteiger partial charge in [-0.15, -0.1) is 11.6 Å². The van der Waals surface area contributed by atoms with Crippen LogP contribution in [0.2, 0.25) is 0 Å². The number of hydrogen-bond acceptors (Lipinski definition) is 4. The Hall–Kier alpha value is 0.910. The van der Waals surface area contributed by atoms with Gasteiger partial charge in [-0.25, -0.2) is 0 Å². The fourth-order valence-corrected chi connectivity index (χ4v) is 0.874. The summed E-state index contributed by atoms with van der Waals surface area (Å²) in [5.41, 5.74) is 0. The van der Waals surface area contributed by atoms with Crippen molar-refractivity contribution in [2.45, 2.75) is 16.9 Å². The quantitative estimate of drug-likeness (QED) is 0.376. The lowest BCUT2D eigenvalue weighted by Gasteiger charge is -2.16. The topological polar surface area (TPSA) is 40.5 Å². The molecule has 0 saturated carbocycles. The van der Waals surface area contributed by atoms with Gasteiger partial charge in [-0.1, -0.05) is 0 Å². The first-order valence-electron chi connectivity index (χ1n) is 2.38. The Balaban J connectivity index is 3.58. The molecule has 0 aromatic heterocycles. The minimum Gasteiger partial charge on any atom is -0.389 e. The first-order valence-corrected chi connectivity index (χ1v) is 3.97. The van der Waals surface area contributed by atoms with Crippen LogP contribution >= 0.6 is 36.9 Å². The summed E-state index contributed by atoms with van der Waals surface area (Å²) in [5, 5.41) is 17.7. The highest BCUT2D eigenvalue weighted by Crippen LogP contribution is 2.11. The molecule has 2 nitrogen and oxygen atoms in total. The molecule has 0 aromatic rings. The van der Waals surface area contributed by atoms with E-state index in [4.69, 9.17) is 21.8 Å². The van der Waals surface area contributed by atoms with Crippen LogP contribution in [-0.2, 0) is 0 Å². The van der Waals surface area contributed by atoms with Gasteiger partial charge in [0.15, 0.2) is 0 Å². The highest BCUT2D eigenvalue weighted by molar-refractivity contribution is 7.82. The monoisotopic (exact) mass is 188 g/mol. The van der Waals surface area contributed by atoms with Crippen molar-refractivity contribution in [3.05, 3.63) is 0 Å². The highest BCUT2D eigenvalue weighted by atomic mass is 35.5. The van der Waals surface area contributed by atoms with Gasteiger partial charge < -0.3 is 10.2 Å². The van der Waals surface area contributed by atoms with Gasteiger partial charge in [0.2, 0.25) is 0 Å². The second-order valence-electron chi connectivity index (χ2n) is 1.61. The average molecular weight is 189 g/mol. The van der Waals surface area contributed by atoms with Crippen molar-refractivity contribution in [3.8, 4) is 0 Å². The second kappa shape index (κ2) is 4.68. The van der Waals surface area contributed by atoms with E-state index in [9.17, 15) is 0 Å².